The number of benzene rings is 1. The smallest absolute Gasteiger partial charge is 0.0557 e. The number of hydrogen-bond acceptors (Lipinski definition) is 3. The monoisotopic (exact) mass is 234 g/mol. The van der Waals surface area contributed by atoms with Gasteiger partial charge in [-0.1, -0.05) is 12.1 Å². The van der Waals surface area contributed by atoms with Crippen molar-refractivity contribution in [1.29, 1.82) is 0 Å². The first-order valence-electron chi connectivity index (χ1n) is 6.34. The van der Waals surface area contributed by atoms with Crippen LogP contribution in [0.2, 0.25) is 0 Å². The van der Waals surface area contributed by atoms with E-state index in [1.807, 2.05) is 6.92 Å². The number of aryl methyl sites for hydroxylation is 1. The van der Waals surface area contributed by atoms with Gasteiger partial charge < -0.3 is 15.7 Å². The maximum atomic E-state index is 9.63. The van der Waals surface area contributed by atoms with Gasteiger partial charge in [0.15, 0.2) is 0 Å². The molecule has 0 radical (unpaired) electrons. The molecule has 1 heterocycles. The first-order chi connectivity index (χ1) is 8.11. The van der Waals surface area contributed by atoms with Crippen molar-refractivity contribution < 1.29 is 5.11 Å². The maximum absolute atomic E-state index is 9.63. The Morgan fingerprint density at radius 2 is 2.29 bits per heavy atom. The molecule has 1 aromatic carbocycles. The second-order valence-electron chi connectivity index (χ2n) is 5.06. The normalized spacial score (nSPS) is 21.9. The van der Waals surface area contributed by atoms with E-state index in [1.165, 1.54) is 16.8 Å². The molecule has 3 N–H and O–H groups in total. The third-order valence-corrected chi connectivity index (χ3v) is 3.74. The summed E-state index contributed by atoms with van der Waals surface area (Å²) in [5, 5.41) is 9.63. The van der Waals surface area contributed by atoms with E-state index in [-0.39, 0.29) is 6.10 Å². The van der Waals surface area contributed by atoms with E-state index in [0.29, 0.717) is 12.5 Å². The minimum absolute atomic E-state index is 0.205. The fourth-order valence-corrected chi connectivity index (χ4v) is 2.60. The van der Waals surface area contributed by atoms with Crippen LogP contribution in [0.1, 0.15) is 24.5 Å². The third kappa shape index (κ3) is 2.61. The molecule has 1 saturated heterocycles. The molecular weight excluding hydrogens is 212 g/mol. The Morgan fingerprint density at radius 1 is 1.53 bits per heavy atom. The topological polar surface area (TPSA) is 49.5 Å². The molecule has 1 aliphatic heterocycles. The number of aliphatic hydroxyl groups excluding tert-OH is 1. The highest BCUT2D eigenvalue weighted by Gasteiger charge is 2.26. The van der Waals surface area contributed by atoms with Gasteiger partial charge in [-0.25, -0.2) is 0 Å². The zero-order valence-electron chi connectivity index (χ0n) is 10.7. The predicted molar refractivity (Wildman–Crippen MR) is 71.1 cm³/mol. The quantitative estimate of drug-likeness (QED) is 0.836. The minimum Gasteiger partial charge on any atom is -0.393 e. The summed E-state index contributed by atoms with van der Waals surface area (Å²) in [6.07, 6.45) is 0.874. The molecule has 0 amide bonds. The van der Waals surface area contributed by atoms with E-state index in [9.17, 15) is 5.11 Å². The van der Waals surface area contributed by atoms with Crippen LogP contribution in [-0.2, 0) is 6.54 Å². The van der Waals surface area contributed by atoms with Crippen LogP contribution in [0.25, 0.3) is 0 Å². The Bertz CT molecular complexity index is 390. The summed E-state index contributed by atoms with van der Waals surface area (Å²) in [6, 6.07) is 6.41. The summed E-state index contributed by atoms with van der Waals surface area (Å²) in [5.41, 5.74) is 9.38. The molecule has 17 heavy (non-hydrogen) atoms. The molecule has 3 heteroatoms. The van der Waals surface area contributed by atoms with Crippen molar-refractivity contribution in [1.82, 2.24) is 0 Å². The Kier molecular flexibility index (Phi) is 3.69. The van der Waals surface area contributed by atoms with E-state index in [2.05, 4.69) is 30.0 Å². The zero-order valence-corrected chi connectivity index (χ0v) is 10.7. The summed E-state index contributed by atoms with van der Waals surface area (Å²) in [7, 11) is 0. The summed E-state index contributed by atoms with van der Waals surface area (Å²) in [5.74, 6) is 0.406. The second kappa shape index (κ2) is 5.07. The molecule has 2 atom stereocenters. The number of nitrogens with two attached hydrogens (primary N) is 1. The van der Waals surface area contributed by atoms with Crippen molar-refractivity contribution >= 4 is 5.69 Å². The molecule has 2 rings (SSSR count). The van der Waals surface area contributed by atoms with E-state index >= 15 is 0 Å². The molecule has 94 valence electrons. The van der Waals surface area contributed by atoms with Crippen molar-refractivity contribution in [2.24, 2.45) is 11.7 Å². The standard InChI is InChI=1S/C14H22N2O/c1-10-7-12(8-15)3-4-14(10)16-6-5-13(9-16)11(2)17/h3-4,7,11,13,17H,5-6,8-9,15H2,1-2H3. The molecule has 0 aromatic heterocycles. The largest absolute Gasteiger partial charge is 0.393 e. The third-order valence-electron chi connectivity index (χ3n) is 3.74. The summed E-state index contributed by atoms with van der Waals surface area (Å²) >= 11 is 0. The molecule has 3 nitrogen and oxygen atoms in total. The molecule has 0 bridgehead atoms. The second-order valence-corrected chi connectivity index (χ2v) is 5.06. The van der Waals surface area contributed by atoms with Crippen LogP contribution in [-0.4, -0.2) is 24.3 Å². The summed E-state index contributed by atoms with van der Waals surface area (Å²) < 4.78 is 0. The highest BCUT2D eigenvalue weighted by atomic mass is 16.3. The maximum Gasteiger partial charge on any atom is 0.0557 e. The lowest BCUT2D eigenvalue weighted by Gasteiger charge is -2.22. The molecule has 0 aliphatic carbocycles. The van der Waals surface area contributed by atoms with Gasteiger partial charge in [-0.3, -0.25) is 0 Å². The van der Waals surface area contributed by atoms with Gasteiger partial charge in [0.2, 0.25) is 0 Å². The van der Waals surface area contributed by atoms with E-state index in [0.717, 1.165) is 19.5 Å². The van der Waals surface area contributed by atoms with Crippen molar-refractivity contribution in [3.8, 4) is 0 Å². The van der Waals surface area contributed by atoms with E-state index < -0.39 is 0 Å². The van der Waals surface area contributed by atoms with Crippen molar-refractivity contribution in [2.45, 2.75) is 32.9 Å². The Morgan fingerprint density at radius 3 is 2.82 bits per heavy atom. The number of anilines is 1. The average Bonchev–Trinajstić information content (AvgIpc) is 2.78. The van der Waals surface area contributed by atoms with Gasteiger partial charge in [-0.15, -0.1) is 0 Å². The predicted octanol–water partition coefficient (Wildman–Crippen LogP) is 1.66. The number of nitrogens with zero attached hydrogens (tertiary/aromatic N) is 1. The minimum atomic E-state index is -0.205. The Labute approximate surface area is 103 Å². The van der Waals surface area contributed by atoms with Crippen LogP contribution >= 0.6 is 0 Å². The fourth-order valence-electron chi connectivity index (χ4n) is 2.60. The Hall–Kier alpha value is -1.06. The molecular formula is C14H22N2O. The first kappa shape index (κ1) is 12.4. The van der Waals surface area contributed by atoms with Crippen LogP contribution in [0.3, 0.4) is 0 Å². The SMILES string of the molecule is Cc1cc(CN)ccc1N1CCC(C(C)O)C1. The van der Waals surface area contributed by atoms with Gasteiger partial charge in [0, 0.05) is 31.2 Å². The first-order valence-corrected chi connectivity index (χ1v) is 6.34. The average molecular weight is 234 g/mol. The molecule has 0 spiro atoms. The van der Waals surface area contributed by atoms with Gasteiger partial charge >= 0.3 is 0 Å². The summed E-state index contributed by atoms with van der Waals surface area (Å²) in [6.45, 7) is 6.61. The molecule has 1 fully saturated rings. The molecule has 2 unspecified atom stereocenters. The van der Waals surface area contributed by atoms with E-state index in [4.69, 9.17) is 5.73 Å². The number of aliphatic hydroxyl groups is 1. The van der Waals surface area contributed by atoms with Crippen LogP contribution in [0.5, 0.6) is 0 Å². The lowest BCUT2D eigenvalue weighted by atomic mass is 10.0. The number of rotatable bonds is 3. The molecule has 1 aliphatic rings. The van der Waals surface area contributed by atoms with Crippen molar-refractivity contribution in [3.63, 3.8) is 0 Å². The van der Waals surface area contributed by atoms with Crippen LogP contribution < -0.4 is 10.6 Å². The highest BCUT2D eigenvalue weighted by Crippen LogP contribution is 2.28. The van der Waals surface area contributed by atoms with Gasteiger partial charge in [0.05, 0.1) is 6.10 Å². The lowest BCUT2D eigenvalue weighted by Crippen LogP contribution is -2.24. The van der Waals surface area contributed by atoms with Gasteiger partial charge in [0.25, 0.3) is 0 Å². The van der Waals surface area contributed by atoms with Crippen LogP contribution in [0.4, 0.5) is 5.69 Å². The molecule has 1 aromatic rings. The van der Waals surface area contributed by atoms with Crippen molar-refractivity contribution in [3.05, 3.63) is 29.3 Å². The van der Waals surface area contributed by atoms with E-state index in [1.54, 1.807) is 0 Å². The van der Waals surface area contributed by atoms with Crippen molar-refractivity contribution in [2.75, 3.05) is 18.0 Å². The van der Waals surface area contributed by atoms with Gasteiger partial charge in [0.1, 0.15) is 0 Å². The van der Waals surface area contributed by atoms with Crippen LogP contribution in [0, 0.1) is 12.8 Å². The van der Waals surface area contributed by atoms with Gasteiger partial charge in [-0.2, -0.15) is 0 Å². The van der Waals surface area contributed by atoms with Crippen LogP contribution in [0.15, 0.2) is 18.2 Å². The Balaban J connectivity index is 2.13. The fraction of sp³-hybridized carbons (Fsp3) is 0.571. The lowest BCUT2D eigenvalue weighted by molar-refractivity contribution is 0.136. The number of hydrogen-bond donors (Lipinski definition) is 2. The zero-order chi connectivity index (χ0) is 12.4. The summed E-state index contributed by atoms with van der Waals surface area (Å²) in [4.78, 5) is 2.37. The highest BCUT2D eigenvalue weighted by molar-refractivity contribution is 5.55. The van der Waals surface area contributed by atoms with Gasteiger partial charge in [-0.05, 0) is 37.5 Å². The molecule has 0 saturated carbocycles.